The number of carbonyl (C=O) groups is 2. The van der Waals surface area contributed by atoms with Gasteiger partial charge < -0.3 is 14.8 Å². The molecule has 0 aromatic heterocycles. The minimum Gasteiger partial charge on any atom is -0.494 e. The van der Waals surface area contributed by atoms with E-state index < -0.39 is 6.04 Å². The summed E-state index contributed by atoms with van der Waals surface area (Å²) >= 11 is 0. The molecule has 1 saturated heterocycles. The van der Waals surface area contributed by atoms with Gasteiger partial charge in [0.2, 0.25) is 0 Å². The van der Waals surface area contributed by atoms with E-state index >= 15 is 0 Å². The number of fused-ring (bicyclic) bond motifs is 1. The first-order valence-corrected chi connectivity index (χ1v) is 10.9. The number of nitrogens with zero attached hydrogens (tertiary/aromatic N) is 1. The molecule has 166 valence electrons. The van der Waals surface area contributed by atoms with Crippen molar-refractivity contribution in [3.63, 3.8) is 0 Å². The molecule has 0 bridgehead atoms. The van der Waals surface area contributed by atoms with Crippen LogP contribution in [0.1, 0.15) is 29.3 Å². The highest BCUT2D eigenvalue weighted by molar-refractivity contribution is 6.07. The molecule has 1 N–H and O–H groups in total. The first-order valence-electron chi connectivity index (χ1n) is 10.9. The molecule has 1 heterocycles. The zero-order valence-electron chi connectivity index (χ0n) is 18.4. The minimum absolute atomic E-state index is 0.127. The van der Waals surface area contributed by atoms with E-state index in [-0.39, 0.29) is 17.9 Å². The van der Waals surface area contributed by atoms with E-state index in [1.54, 1.807) is 0 Å². The molecule has 1 fully saturated rings. The predicted octanol–water partition coefficient (Wildman–Crippen LogP) is 3.78. The number of rotatable bonds is 7. The number of likely N-dealkylation sites (tertiary alicyclic amines) is 1. The fourth-order valence-electron chi connectivity index (χ4n) is 4.34. The van der Waals surface area contributed by atoms with Crippen LogP contribution in [-0.4, -0.2) is 49.1 Å². The van der Waals surface area contributed by atoms with Gasteiger partial charge in [-0.05, 0) is 47.9 Å². The molecule has 6 nitrogen and oxygen atoms in total. The summed E-state index contributed by atoms with van der Waals surface area (Å²) in [4.78, 5) is 27.6. The Kier molecular flexibility index (Phi) is 6.71. The summed E-state index contributed by atoms with van der Waals surface area (Å²) in [6.07, 6.45) is 0.514. The molecule has 6 heteroatoms. The van der Waals surface area contributed by atoms with Gasteiger partial charge >= 0.3 is 5.97 Å². The Morgan fingerprint density at radius 3 is 2.53 bits per heavy atom. The fourth-order valence-corrected chi connectivity index (χ4v) is 4.34. The summed E-state index contributed by atoms with van der Waals surface area (Å²) in [7, 11) is 1.40. The van der Waals surface area contributed by atoms with E-state index in [9.17, 15) is 9.59 Å². The average Bonchev–Trinajstić information content (AvgIpc) is 3.21. The standard InChI is InChI=1S/C26H28N2O4/c1-3-32-21-13-11-18(12-14-21)16-28-17-20(15-24(28)26(30)31-2)27-25(29)23-10-6-8-19-7-4-5-9-22(19)23/h4-14,20,24H,3,15-17H2,1-2H3,(H,27,29)/t20-,24-/m0/s1. The molecule has 1 aliphatic rings. The molecule has 4 rings (SSSR count). The number of nitrogens with one attached hydrogen (secondary N) is 1. The molecule has 0 unspecified atom stereocenters. The van der Waals surface area contributed by atoms with Crippen LogP contribution < -0.4 is 10.1 Å². The summed E-state index contributed by atoms with van der Waals surface area (Å²) in [6, 6.07) is 20.9. The third-order valence-electron chi connectivity index (χ3n) is 5.87. The number of carbonyl (C=O) groups excluding carboxylic acids is 2. The van der Waals surface area contributed by atoms with Crippen LogP contribution in [0.15, 0.2) is 66.7 Å². The topological polar surface area (TPSA) is 67.9 Å². The zero-order valence-corrected chi connectivity index (χ0v) is 18.4. The second-order valence-electron chi connectivity index (χ2n) is 7.98. The van der Waals surface area contributed by atoms with E-state index in [1.165, 1.54) is 7.11 Å². The second kappa shape index (κ2) is 9.83. The Morgan fingerprint density at radius 2 is 1.78 bits per heavy atom. The lowest BCUT2D eigenvalue weighted by molar-refractivity contribution is -0.146. The maximum atomic E-state index is 13.1. The number of hydrogen-bond donors (Lipinski definition) is 1. The van der Waals surface area contributed by atoms with Crippen molar-refractivity contribution in [1.29, 1.82) is 0 Å². The molecule has 0 spiro atoms. The van der Waals surface area contributed by atoms with Crippen LogP contribution in [0.4, 0.5) is 0 Å². The van der Waals surface area contributed by atoms with E-state index in [1.807, 2.05) is 73.7 Å². The molecular weight excluding hydrogens is 404 g/mol. The van der Waals surface area contributed by atoms with Crippen LogP contribution in [0.2, 0.25) is 0 Å². The summed E-state index contributed by atoms with van der Waals surface area (Å²) in [5.41, 5.74) is 1.71. The Morgan fingerprint density at radius 1 is 1.03 bits per heavy atom. The van der Waals surface area contributed by atoms with Crippen LogP contribution in [-0.2, 0) is 16.1 Å². The summed E-state index contributed by atoms with van der Waals surface area (Å²) in [6.45, 7) is 3.73. The van der Waals surface area contributed by atoms with Gasteiger partial charge in [0, 0.05) is 24.7 Å². The van der Waals surface area contributed by atoms with Crippen molar-refractivity contribution in [2.75, 3.05) is 20.3 Å². The van der Waals surface area contributed by atoms with Crippen LogP contribution in [0.3, 0.4) is 0 Å². The van der Waals surface area contributed by atoms with Gasteiger partial charge in [-0.25, -0.2) is 0 Å². The molecule has 1 aliphatic heterocycles. The van der Waals surface area contributed by atoms with Crippen molar-refractivity contribution in [3.05, 3.63) is 77.9 Å². The maximum absolute atomic E-state index is 13.1. The summed E-state index contributed by atoms with van der Waals surface area (Å²) < 4.78 is 10.5. The molecule has 2 atom stereocenters. The molecule has 1 amide bonds. The molecule has 0 saturated carbocycles. The lowest BCUT2D eigenvalue weighted by atomic mass is 10.0. The molecule has 0 radical (unpaired) electrons. The molecule has 3 aromatic rings. The van der Waals surface area contributed by atoms with Gasteiger partial charge in [-0.1, -0.05) is 48.5 Å². The number of hydrogen-bond acceptors (Lipinski definition) is 5. The SMILES string of the molecule is CCOc1ccc(CN2C[C@@H](NC(=O)c3cccc4ccccc34)C[C@H]2C(=O)OC)cc1. The van der Waals surface area contributed by atoms with Crippen molar-refractivity contribution < 1.29 is 19.1 Å². The summed E-state index contributed by atoms with van der Waals surface area (Å²) in [5.74, 6) is 0.415. The number of methoxy groups -OCH3 is 1. The predicted molar refractivity (Wildman–Crippen MR) is 124 cm³/mol. The van der Waals surface area contributed by atoms with Crippen molar-refractivity contribution in [1.82, 2.24) is 10.2 Å². The van der Waals surface area contributed by atoms with E-state index in [0.29, 0.717) is 31.7 Å². The van der Waals surface area contributed by atoms with Gasteiger partial charge in [0.25, 0.3) is 5.91 Å². The minimum atomic E-state index is -0.399. The normalized spacial score (nSPS) is 18.4. The molecule has 0 aliphatic carbocycles. The lowest BCUT2D eigenvalue weighted by Crippen LogP contribution is -2.37. The Hall–Kier alpha value is -3.38. The Bertz CT molecular complexity index is 1090. The molecule has 3 aromatic carbocycles. The second-order valence-corrected chi connectivity index (χ2v) is 7.98. The van der Waals surface area contributed by atoms with Crippen LogP contribution >= 0.6 is 0 Å². The maximum Gasteiger partial charge on any atom is 0.323 e. The van der Waals surface area contributed by atoms with Crippen molar-refractivity contribution >= 4 is 22.6 Å². The monoisotopic (exact) mass is 432 g/mol. The van der Waals surface area contributed by atoms with E-state index in [0.717, 1.165) is 22.1 Å². The largest absolute Gasteiger partial charge is 0.494 e. The number of benzene rings is 3. The van der Waals surface area contributed by atoms with Gasteiger partial charge in [0.05, 0.1) is 13.7 Å². The van der Waals surface area contributed by atoms with Gasteiger partial charge in [0.15, 0.2) is 0 Å². The number of ether oxygens (including phenoxy) is 2. The number of esters is 1. The molecular formula is C26H28N2O4. The first kappa shape index (κ1) is 21.8. The van der Waals surface area contributed by atoms with Crippen LogP contribution in [0.25, 0.3) is 10.8 Å². The third kappa shape index (κ3) is 4.75. The Balaban J connectivity index is 1.48. The van der Waals surface area contributed by atoms with Crippen molar-refractivity contribution in [2.24, 2.45) is 0 Å². The third-order valence-corrected chi connectivity index (χ3v) is 5.87. The highest BCUT2D eigenvalue weighted by Gasteiger charge is 2.38. The van der Waals surface area contributed by atoms with Gasteiger partial charge in [0.1, 0.15) is 11.8 Å². The number of amides is 1. The zero-order chi connectivity index (χ0) is 22.5. The lowest BCUT2D eigenvalue weighted by Gasteiger charge is -2.22. The van der Waals surface area contributed by atoms with Crippen LogP contribution in [0, 0.1) is 0 Å². The van der Waals surface area contributed by atoms with Crippen molar-refractivity contribution in [3.8, 4) is 5.75 Å². The van der Waals surface area contributed by atoms with Gasteiger partial charge in [-0.2, -0.15) is 0 Å². The highest BCUT2D eigenvalue weighted by Crippen LogP contribution is 2.24. The molecule has 32 heavy (non-hydrogen) atoms. The quantitative estimate of drug-likeness (QED) is 0.576. The first-order chi connectivity index (χ1) is 15.6. The fraction of sp³-hybridized carbons (Fsp3) is 0.308. The smallest absolute Gasteiger partial charge is 0.323 e. The van der Waals surface area contributed by atoms with Gasteiger partial charge in [-0.15, -0.1) is 0 Å². The Labute approximate surface area is 188 Å². The summed E-state index contributed by atoms with van der Waals surface area (Å²) in [5, 5.41) is 5.07. The van der Waals surface area contributed by atoms with Gasteiger partial charge in [-0.3, -0.25) is 14.5 Å². The van der Waals surface area contributed by atoms with E-state index in [2.05, 4.69) is 10.2 Å². The van der Waals surface area contributed by atoms with Crippen molar-refractivity contribution in [2.45, 2.75) is 32.0 Å². The average molecular weight is 433 g/mol. The van der Waals surface area contributed by atoms with Crippen LogP contribution in [0.5, 0.6) is 5.75 Å². The van der Waals surface area contributed by atoms with E-state index in [4.69, 9.17) is 9.47 Å². The highest BCUT2D eigenvalue weighted by atomic mass is 16.5.